The second-order valence-corrected chi connectivity index (χ2v) is 10.3. The number of rotatable bonds is 3. The van der Waals surface area contributed by atoms with Crippen LogP contribution in [0, 0.1) is 16.7 Å². The van der Waals surface area contributed by atoms with Crippen molar-refractivity contribution in [2.45, 2.75) is 53.4 Å². The molecule has 0 spiro atoms. The fourth-order valence-electron chi connectivity index (χ4n) is 4.84. The predicted octanol–water partition coefficient (Wildman–Crippen LogP) is 5.64. The third-order valence-corrected chi connectivity index (χ3v) is 6.22. The molecule has 3 aliphatic rings. The predicted molar refractivity (Wildman–Crippen MR) is 117 cm³/mol. The smallest absolute Gasteiger partial charge is 0.163 e. The first kappa shape index (κ1) is 20.6. The molecule has 0 saturated heterocycles. The number of methoxy groups -OCH3 is 1. The van der Waals surface area contributed by atoms with Gasteiger partial charge in [-0.1, -0.05) is 52.0 Å². The lowest BCUT2D eigenvalue weighted by Gasteiger charge is -2.42. The highest BCUT2D eigenvalue weighted by atomic mass is 16.5. The minimum atomic E-state index is -0.335. The van der Waals surface area contributed by atoms with Crippen LogP contribution in [0.1, 0.15) is 58.9 Å². The number of ether oxygens (including phenoxy) is 2. The number of benzene rings is 1. The first-order valence-corrected chi connectivity index (χ1v) is 10.6. The standard InChI is InChI=1S/C26H30O4/c1-25(2)12-19(27)23-18(11-8-16-6-9-17(29-5)10-7-16)24-20(28)13-26(3,4)15-22(24)30-21(23)14-25/h6-11,18H,12-15H2,1-5H3/b11-8+. The second kappa shape index (κ2) is 7.26. The molecule has 0 bridgehead atoms. The van der Waals surface area contributed by atoms with Gasteiger partial charge in [0.2, 0.25) is 0 Å². The average molecular weight is 407 g/mol. The summed E-state index contributed by atoms with van der Waals surface area (Å²) < 4.78 is 11.5. The Morgan fingerprint density at radius 3 is 1.83 bits per heavy atom. The van der Waals surface area contributed by atoms with Crippen molar-refractivity contribution < 1.29 is 19.1 Å². The minimum absolute atomic E-state index is 0.0924. The Labute approximate surface area is 178 Å². The molecule has 4 rings (SSSR count). The molecule has 0 fully saturated rings. The molecule has 1 aromatic rings. The summed E-state index contributed by atoms with van der Waals surface area (Å²) in [5.74, 6) is 2.15. The molecule has 0 amide bonds. The molecule has 30 heavy (non-hydrogen) atoms. The van der Waals surface area contributed by atoms with Crippen molar-refractivity contribution in [3.8, 4) is 5.75 Å². The van der Waals surface area contributed by atoms with E-state index in [0.29, 0.717) is 36.8 Å². The maximum absolute atomic E-state index is 13.1. The van der Waals surface area contributed by atoms with Gasteiger partial charge in [0.25, 0.3) is 0 Å². The van der Waals surface area contributed by atoms with Crippen LogP contribution in [0.2, 0.25) is 0 Å². The topological polar surface area (TPSA) is 52.6 Å². The van der Waals surface area contributed by atoms with Crippen molar-refractivity contribution in [1.82, 2.24) is 0 Å². The molecule has 1 aromatic carbocycles. The molecular formula is C26H30O4. The van der Waals surface area contributed by atoms with Gasteiger partial charge in [-0.25, -0.2) is 0 Å². The van der Waals surface area contributed by atoms with Crippen molar-refractivity contribution in [2.24, 2.45) is 16.7 Å². The van der Waals surface area contributed by atoms with Crippen LogP contribution in [-0.4, -0.2) is 18.7 Å². The van der Waals surface area contributed by atoms with Crippen LogP contribution in [0.4, 0.5) is 0 Å². The summed E-state index contributed by atoms with van der Waals surface area (Å²) in [6, 6.07) is 7.75. The van der Waals surface area contributed by atoms with E-state index in [9.17, 15) is 9.59 Å². The summed E-state index contributed by atoms with van der Waals surface area (Å²) in [5.41, 5.74) is 2.08. The lowest BCUT2D eigenvalue weighted by atomic mass is 9.67. The van der Waals surface area contributed by atoms with Crippen molar-refractivity contribution in [1.29, 1.82) is 0 Å². The van der Waals surface area contributed by atoms with Gasteiger partial charge in [-0.05, 0) is 28.5 Å². The van der Waals surface area contributed by atoms with E-state index in [2.05, 4.69) is 27.7 Å². The largest absolute Gasteiger partial charge is 0.497 e. The molecule has 0 radical (unpaired) electrons. The number of Topliss-reactive ketones (excluding diaryl/α,β-unsaturated/α-hetero) is 2. The van der Waals surface area contributed by atoms with Crippen LogP contribution in [0.15, 0.2) is 53.0 Å². The van der Waals surface area contributed by atoms with Crippen LogP contribution in [-0.2, 0) is 14.3 Å². The SMILES string of the molecule is COc1ccc(/C=C/C2C3=C(CC(C)(C)CC3=O)OC3=C2C(=O)CC(C)(C)C3)cc1. The first-order valence-electron chi connectivity index (χ1n) is 10.6. The van der Waals surface area contributed by atoms with E-state index in [1.807, 2.05) is 36.4 Å². The Bertz CT molecular complexity index is 934. The van der Waals surface area contributed by atoms with Crippen LogP contribution < -0.4 is 4.74 Å². The van der Waals surface area contributed by atoms with Gasteiger partial charge < -0.3 is 9.47 Å². The molecule has 4 heteroatoms. The summed E-state index contributed by atoms with van der Waals surface area (Å²) in [5, 5.41) is 0. The Balaban J connectivity index is 1.77. The maximum atomic E-state index is 13.1. The Hall–Kier alpha value is -2.62. The van der Waals surface area contributed by atoms with Crippen LogP contribution >= 0.6 is 0 Å². The summed E-state index contributed by atoms with van der Waals surface area (Å²) in [4.78, 5) is 26.3. The van der Waals surface area contributed by atoms with E-state index in [-0.39, 0.29) is 28.3 Å². The van der Waals surface area contributed by atoms with Gasteiger partial charge in [0, 0.05) is 42.7 Å². The molecule has 2 aliphatic carbocycles. The fraction of sp³-hybridized carbons (Fsp3) is 0.462. The zero-order valence-electron chi connectivity index (χ0n) is 18.5. The first-order chi connectivity index (χ1) is 14.1. The fourth-order valence-corrected chi connectivity index (χ4v) is 4.84. The van der Waals surface area contributed by atoms with Crippen molar-refractivity contribution in [3.05, 3.63) is 58.6 Å². The molecule has 1 aliphatic heterocycles. The van der Waals surface area contributed by atoms with Gasteiger partial charge in [0.05, 0.1) is 7.11 Å². The normalized spacial score (nSPS) is 23.4. The number of carbonyl (C=O) groups excluding carboxylic acids is 2. The van der Waals surface area contributed by atoms with Crippen molar-refractivity contribution in [3.63, 3.8) is 0 Å². The summed E-state index contributed by atoms with van der Waals surface area (Å²) in [6.07, 6.45) is 6.37. The monoisotopic (exact) mass is 406 g/mol. The molecule has 0 saturated carbocycles. The zero-order valence-corrected chi connectivity index (χ0v) is 18.5. The van der Waals surface area contributed by atoms with E-state index in [0.717, 1.165) is 22.8 Å². The van der Waals surface area contributed by atoms with Crippen molar-refractivity contribution in [2.75, 3.05) is 7.11 Å². The second-order valence-electron chi connectivity index (χ2n) is 10.3. The summed E-state index contributed by atoms with van der Waals surface area (Å²) in [6.45, 7) is 8.39. The maximum Gasteiger partial charge on any atom is 0.163 e. The van der Waals surface area contributed by atoms with Crippen LogP contribution in [0.3, 0.4) is 0 Å². The lowest BCUT2D eigenvalue weighted by molar-refractivity contribution is -0.120. The van der Waals surface area contributed by atoms with E-state index >= 15 is 0 Å². The van der Waals surface area contributed by atoms with E-state index in [1.54, 1.807) is 7.11 Å². The molecule has 0 aromatic heterocycles. The van der Waals surface area contributed by atoms with Crippen LogP contribution in [0.5, 0.6) is 5.75 Å². The van der Waals surface area contributed by atoms with Gasteiger partial charge in [0.15, 0.2) is 11.6 Å². The highest BCUT2D eigenvalue weighted by Gasteiger charge is 2.46. The molecule has 4 nitrogen and oxygen atoms in total. The van der Waals surface area contributed by atoms with E-state index in [1.165, 1.54) is 0 Å². The van der Waals surface area contributed by atoms with E-state index in [4.69, 9.17) is 9.47 Å². The highest BCUT2D eigenvalue weighted by molar-refractivity contribution is 6.05. The van der Waals surface area contributed by atoms with Crippen molar-refractivity contribution >= 4 is 17.6 Å². The van der Waals surface area contributed by atoms with Gasteiger partial charge in [-0.15, -0.1) is 0 Å². The Kier molecular flexibility index (Phi) is 5.00. The molecule has 0 unspecified atom stereocenters. The Morgan fingerprint density at radius 2 is 1.37 bits per heavy atom. The highest BCUT2D eigenvalue weighted by Crippen LogP contribution is 2.50. The quantitative estimate of drug-likeness (QED) is 0.652. The third-order valence-electron chi connectivity index (χ3n) is 6.22. The third kappa shape index (κ3) is 3.88. The number of hydrogen-bond acceptors (Lipinski definition) is 4. The van der Waals surface area contributed by atoms with Gasteiger partial charge in [0.1, 0.15) is 17.3 Å². The Morgan fingerprint density at radius 1 is 0.867 bits per heavy atom. The summed E-state index contributed by atoms with van der Waals surface area (Å²) >= 11 is 0. The van der Waals surface area contributed by atoms with Gasteiger partial charge in [-0.3, -0.25) is 9.59 Å². The average Bonchev–Trinajstić information content (AvgIpc) is 2.63. The lowest BCUT2D eigenvalue weighted by Crippen LogP contribution is -2.37. The molecule has 1 heterocycles. The van der Waals surface area contributed by atoms with E-state index < -0.39 is 0 Å². The molecular weight excluding hydrogens is 376 g/mol. The van der Waals surface area contributed by atoms with Gasteiger partial charge in [-0.2, -0.15) is 0 Å². The molecule has 158 valence electrons. The number of hydrogen-bond donors (Lipinski definition) is 0. The zero-order chi connectivity index (χ0) is 21.7. The number of carbonyl (C=O) groups is 2. The number of ketones is 2. The number of allylic oxidation sites excluding steroid dienone is 5. The summed E-state index contributed by atoms with van der Waals surface area (Å²) in [7, 11) is 1.64. The van der Waals surface area contributed by atoms with Gasteiger partial charge >= 0.3 is 0 Å². The molecule has 0 N–H and O–H groups in total. The minimum Gasteiger partial charge on any atom is -0.497 e. The van der Waals surface area contributed by atoms with Crippen LogP contribution in [0.25, 0.3) is 6.08 Å². The molecule has 0 atom stereocenters.